The van der Waals surface area contributed by atoms with Gasteiger partial charge in [0.05, 0.1) is 11.5 Å². The molecule has 0 atom stereocenters. The highest BCUT2D eigenvalue weighted by Gasteiger charge is 2.09. The highest BCUT2D eigenvalue weighted by molar-refractivity contribution is 7.12. The Kier molecular flexibility index (Phi) is 5.66. The average Bonchev–Trinajstić information content (AvgIpc) is 3.19. The van der Waals surface area contributed by atoms with E-state index in [-0.39, 0.29) is 11.8 Å². The molecule has 0 bridgehead atoms. The van der Waals surface area contributed by atoms with Crippen LogP contribution in [0.4, 0.5) is 11.4 Å². The number of hydrogen-bond acceptors (Lipinski definition) is 4. The van der Waals surface area contributed by atoms with E-state index in [2.05, 4.69) is 10.6 Å². The lowest BCUT2D eigenvalue weighted by molar-refractivity contribution is 0.102. The van der Waals surface area contributed by atoms with Gasteiger partial charge in [-0.25, -0.2) is 0 Å². The molecule has 0 aliphatic rings. The summed E-state index contributed by atoms with van der Waals surface area (Å²) in [5.74, 6) is 0.290. The van der Waals surface area contributed by atoms with E-state index in [1.807, 2.05) is 24.4 Å². The van der Waals surface area contributed by atoms with Gasteiger partial charge in [0, 0.05) is 16.9 Å². The monoisotopic (exact) mass is 366 g/mol. The van der Waals surface area contributed by atoms with Crippen molar-refractivity contribution in [2.24, 2.45) is 0 Å². The molecule has 0 saturated heterocycles. The average molecular weight is 366 g/mol. The van der Waals surface area contributed by atoms with Crippen LogP contribution in [0.5, 0.6) is 5.75 Å². The summed E-state index contributed by atoms with van der Waals surface area (Å²) in [5, 5.41) is 7.51. The summed E-state index contributed by atoms with van der Waals surface area (Å²) in [6.07, 6.45) is 0. The van der Waals surface area contributed by atoms with Gasteiger partial charge in [-0.2, -0.15) is 0 Å². The summed E-state index contributed by atoms with van der Waals surface area (Å²) in [5.41, 5.74) is 1.83. The van der Waals surface area contributed by atoms with Crippen LogP contribution in [0.15, 0.2) is 66.0 Å². The van der Waals surface area contributed by atoms with E-state index in [1.165, 1.54) is 11.3 Å². The van der Waals surface area contributed by atoms with Crippen LogP contribution in [0.25, 0.3) is 0 Å². The van der Waals surface area contributed by atoms with Crippen molar-refractivity contribution in [3.05, 3.63) is 76.5 Å². The third-order valence-corrected chi connectivity index (χ3v) is 4.42. The molecule has 0 aliphatic carbocycles. The molecule has 2 aromatic carbocycles. The fourth-order valence-corrected chi connectivity index (χ4v) is 2.95. The third-order valence-electron chi connectivity index (χ3n) is 3.55. The lowest BCUT2D eigenvalue weighted by Crippen LogP contribution is -2.12. The molecule has 3 aromatic rings. The van der Waals surface area contributed by atoms with Crippen molar-refractivity contribution < 1.29 is 14.3 Å². The zero-order valence-electron chi connectivity index (χ0n) is 14.2. The molecule has 132 valence electrons. The SMILES string of the molecule is CCOc1cccc(C(=O)Nc2ccc(NC(=O)c3cccs3)cc2)c1. The van der Waals surface area contributed by atoms with Gasteiger partial charge in [-0.1, -0.05) is 12.1 Å². The third kappa shape index (κ3) is 4.49. The molecule has 2 N–H and O–H groups in total. The van der Waals surface area contributed by atoms with Crippen molar-refractivity contribution in [2.75, 3.05) is 17.2 Å². The molecule has 26 heavy (non-hydrogen) atoms. The van der Waals surface area contributed by atoms with Crippen molar-refractivity contribution in [1.29, 1.82) is 0 Å². The van der Waals surface area contributed by atoms with Gasteiger partial charge in [-0.3, -0.25) is 9.59 Å². The van der Waals surface area contributed by atoms with Crippen molar-refractivity contribution in [3.63, 3.8) is 0 Å². The van der Waals surface area contributed by atoms with Crippen molar-refractivity contribution >= 4 is 34.5 Å². The zero-order chi connectivity index (χ0) is 18.4. The Balaban J connectivity index is 1.62. The Hall–Kier alpha value is -3.12. The maximum absolute atomic E-state index is 12.4. The van der Waals surface area contributed by atoms with Crippen LogP contribution in [0.3, 0.4) is 0 Å². The van der Waals surface area contributed by atoms with Crippen molar-refractivity contribution in [1.82, 2.24) is 0 Å². The number of nitrogens with one attached hydrogen (secondary N) is 2. The molecular formula is C20H18N2O3S. The fourth-order valence-electron chi connectivity index (χ4n) is 2.33. The van der Waals surface area contributed by atoms with E-state index in [9.17, 15) is 9.59 Å². The molecule has 0 unspecified atom stereocenters. The lowest BCUT2D eigenvalue weighted by Gasteiger charge is -2.09. The van der Waals surface area contributed by atoms with E-state index < -0.39 is 0 Å². The van der Waals surface area contributed by atoms with Crippen LogP contribution in [0, 0.1) is 0 Å². The highest BCUT2D eigenvalue weighted by atomic mass is 32.1. The largest absolute Gasteiger partial charge is 0.494 e. The lowest BCUT2D eigenvalue weighted by atomic mass is 10.2. The van der Waals surface area contributed by atoms with Gasteiger partial charge in [-0.05, 0) is 60.8 Å². The predicted molar refractivity (Wildman–Crippen MR) is 104 cm³/mol. The first-order valence-electron chi connectivity index (χ1n) is 8.15. The minimum Gasteiger partial charge on any atom is -0.494 e. The quantitative estimate of drug-likeness (QED) is 0.667. The molecule has 1 heterocycles. The molecule has 0 saturated carbocycles. The molecule has 5 nitrogen and oxygen atoms in total. The van der Waals surface area contributed by atoms with Gasteiger partial charge >= 0.3 is 0 Å². The number of carbonyl (C=O) groups is 2. The summed E-state index contributed by atoms with van der Waals surface area (Å²) in [6.45, 7) is 2.44. The number of rotatable bonds is 6. The fraction of sp³-hybridized carbons (Fsp3) is 0.100. The van der Waals surface area contributed by atoms with Crippen LogP contribution >= 0.6 is 11.3 Å². The standard InChI is InChI=1S/C20H18N2O3S/c1-2-25-17-6-3-5-14(13-17)19(23)21-15-8-10-16(11-9-15)22-20(24)18-7-4-12-26-18/h3-13H,2H2,1H3,(H,21,23)(H,22,24). The normalized spacial score (nSPS) is 10.2. The molecular weight excluding hydrogens is 348 g/mol. The molecule has 0 radical (unpaired) electrons. The summed E-state index contributed by atoms with van der Waals surface area (Å²) in [7, 11) is 0. The summed E-state index contributed by atoms with van der Waals surface area (Å²) < 4.78 is 5.41. The highest BCUT2D eigenvalue weighted by Crippen LogP contribution is 2.18. The minimum atomic E-state index is -0.220. The number of anilines is 2. The Morgan fingerprint density at radius 1 is 0.923 bits per heavy atom. The van der Waals surface area contributed by atoms with Crippen LogP contribution < -0.4 is 15.4 Å². The number of hydrogen-bond donors (Lipinski definition) is 2. The Morgan fingerprint density at radius 2 is 1.62 bits per heavy atom. The number of benzene rings is 2. The second-order valence-electron chi connectivity index (χ2n) is 5.42. The van der Waals surface area contributed by atoms with Gasteiger partial charge in [-0.15, -0.1) is 11.3 Å². The van der Waals surface area contributed by atoms with Gasteiger partial charge in [0.15, 0.2) is 0 Å². The number of carbonyl (C=O) groups excluding carboxylic acids is 2. The van der Waals surface area contributed by atoms with Gasteiger partial charge in [0.1, 0.15) is 5.75 Å². The Bertz CT molecular complexity index is 890. The Morgan fingerprint density at radius 3 is 2.23 bits per heavy atom. The van der Waals surface area contributed by atoms with E-state index in [4.69, 9.17) is 4.74 Å². The first kappa shape index (κ1) is 17.7. The first-order chi connectivity index (χ1) is 12.7. The maximum Gasteiger partial charge on any atom is 0.265 e. The van der Waals surface area contributed by atoms with Crippen molar-refractivity contribution in [2.45, 2.75) is 6.92 Å². The smallest absolute Gasteiger partial charge is 0.265 e. The molecule has 2 amide bonds. The Labute approximate surface area is 155 Å². The van der Waals surface area contributed by atoms with Crippen LogP contribution in [-0.2, 0) is 0 Å². The van der Waals surface area contributed by atoms with Gasteiger partial charge in [0.2, 0.25) is 0 Å². The van der Waals surface area contributed by atoms with Crippen LogP contribution in [-0.4, -0.2) is 18.4 Å². The number of thiophene rings is 1. The van der Waals surface area contributed by atoms with Crippen LogP contribution in [0.2, 0.25) is 0 Å². The maximum atomic E-state index is 12.4. The molecule has 0 spiro atoms. The summed E-state index contributed by atoms with van der Waals surface area (Å²) in [4.78, 5) is 25.0. The molecule has 3 rings (SSSR count). The van der Waals surface area contributed by atoms with Crippen molar-refractivity contribution in [3.8, 4) is 5.75 Å². The van der Waals surface area contributed by atoms with Gasteiger partial charge in [0.25, 0.3) is 11.8 Å². The topological polar surface area (TPSA) is 67.4 Å². The molecule has 1 aromatic heterocycles. The van der Waals surface area contributed by atoms with E-state index in [1.54, 1.807) is 48.5 Å². The van der Waals surface area contributed by atoms with Gasteiger partial charge < -0.3 is 15.4 Å². The molecule has 6 heteroatoms. The zero-order valence-corrected chi connectivity index (χ0v) is 15.0. The number of amides is 2. The van der Waals surface area contributed by atoms with E-state index >= 15 is 0 Å². The second kappa shape index (κ2) is 8.31. The van der Waals surface area contributed by atoms with E-state index in [0.29, 0.717) is 34.2 Å². The summed E-state index contributed by atoms with van der Waals surface area (Å²) in [6, 6.07) is 17.6. The second-order valence-corrected chi connectivity index (χ2v) is 6.37. The predicted octanol–water partition coefficient (Wildman–Crippen LogP) is 4.65. The summed E-state index contributed by atoms with van der Waals surface area (Å²) >= 11 is 1.38. The van der Waals surface area contributed by atoms with E-state index in [0.717, 1.165) is 0 Å². The first-order valence-corrected chi connectivity index (χ1v) is 9.03. The minimum absolute atomic E-state index is 0.149. The molecule has 0 fully saturated rings. The van der Waals surface area contributed by atoms with Crippen LogP contribution in [0.1, 0.15) is 27.0 Å². The number of ether oxygens (including phenoxy) is 1. The molecule has 0 aliphatic heterocycles.